The van der Waals surface area contributed by atoms with Crippen LogP contribution in [0.4, 0.5) is 0 Å². The van der Waals surface area contributed by atoms with Crippen LogP contribution in [0.15, 0.2) is 24.3 Å². The summed E-state index contributed by atoms with van der Waals surface area (Å²) in [4.78, 5) is 40.3. The Morgan fingerprint density at radius 1 is 1.26 bits per heavy atom. The van der Waals surface area contributed by atoms with Crippen LogP contribution in [0.25, 0.3) is 0 Å². The van der Waals surface area contributed by atoms with Crippen LogP contribution >= 0.6 is 0 Å². The Balaban J connectivity index is 1.78. The van der Waals surface area contributed by atoms with E-state index >= 15 is 0 Å². The number of hydrogen-bond donors (Lipinski definition) is 0. The van der Waals surface area contributed by atoms with Gasteiger partial charge in [-0.25, -0.2) is 4.79 Å². The summed E-state index contributed by atoms with van der Waals surface area (Å²) in [6, 6.07) is 8.20. The summed E-state index contributed by atoms with van der Waals surface area (Å²) in [5, 5.41) is 9.10. The van der Waals surface area contributed by atoms with Crippen molar-refractivity contribution in [3.8, 4) is 6.07 Å². The minimum Gasteiger partial charge on any atom is -0.329 e. The zero-order chi connectivity index (χ0) is 13.6. The minimum atomic E-state index is -0.707. The van der Waals surface area contributed by atoms with Crippen molar-refractivity contribution in [1.82, 2.24) is 5.06 Å². The van der Waals surface area contributed by atoms with Crippen LogP contribution in [0.2, 0.25) is 0 Å². The van der Waals surface area contributed by atoms with E-state index in [0.29, 0.717) is 11.5 Å². The average Bonchev–Trinajstić information content (AvgIpc) is 3.18. The number of amides is 2. The molecule has 1 heterocycles. The van der Waals surface area contributed by atoms with E-state index in [1.54, 1.807) is 12.1 Å². The third-order valence-corrected chi connectivity index (χ3v) is 3.20. The third kappa shape index (κ3) is 1.67. The fraction of sp³-hybridized carbons (Fsp3) is 0.231. The predicted molar refractivity (Wildman–Crippen MR) is 60.2 cm³/mol. The summed E-state index contributed by atoms with van der Waals surface area (Å²) in [7, 11) is 0. The number of hydroxylamine groups is 2. The molecule has 19 heavy (non-hydrogen) atoms. The van der Waals surface area contributed by atoms with Crippen LogP contribution in [0.3, 0.4) is 0 Å². The molecule has 0 bridgehead atoms. The SMILES string of the molecule is N#C[C@@H]1C[C@H]1C(=O)ON1C(=O)c2ccccc2C1=O. The first-order valence-electron chi connectivity index (χ1n) is 5.72. The Morgan fingerprint density at radius 3 is 2.32 bits per heavy atom. The number of nitrogens with zero attached hydrogens (tertiary/aromatic N) is 2. The first kappa shape index (κ1) is 11.4. The molecule has 0 radical (unpaired) electrons. The fourth-order valence-corrected chi connectivity index (χ4v) is 2.01. The first-order valence-corrected chi connectivity index (χ1v) is 5.72. The summed E-state index contributed by atoms with van der Waals surface area (Å²) in [5.41, 5.74) is 0.431. The minimum absolute atomic E-state index is 0.216. The number of carbonyl (C=O) groups excluding carboxylic acids is 3. The van der Waals surface area contributed by atoms with Crippen molar-refractivity contribution >= 4 is 17.8 Å². The maximum atomic E-state index is 11.9. The van der Waals surface area contributed by atoms with Gasteiger partial charge in [-0.1, -0.05) is 17.2 Å². The molecule has 0 saturated heterocycles. The van der Waals surface area contributed by atoms with E-state index in [9.17, 15) is 14.4 Å². The van der Waals surface area contributed by atoms with Crippen LogP contribution in [-0.4, -0.2) is 22.8 Å². The Labute approximate surface area is 108 Å². The van der Waals surface area contributed by atoms with Crippen LogP contribution < -0.4 is 0 Å². The summed E-state index contributed by atoms with van der Waals surface area (Å²) in [5.74, 6) is -2.91. The van der Waals surface area contributed by atoms with Gasteiger partial charge >= 0.3 is 5.97 Å². The van der Waals surface area contributed by atoms with Gasteiger partial charge in [-0.2, -0.15) is 5.26 Å². The lowest BCUT2D eigenvalue weighted by Crippen LogP contribution is -2.33. The molecular weight excluding hydrogens is 248 g/mol. The second kappa shape index (κ2) is 3.92. The van der Waals surface area contributed by atoms with E-state index < -0.39 is 23.7 Å². The molecule has 0 unspecified atom stereocenters. The van der Waals surface area contributed by atoms with Gasteiger partial charge < -0.3 is 4.84 Å². The highest BCUT2D eigenvalue weighted by atomic mass is 16.7. The molecule has 0 aromatic heterocycles. The van der Waals surface area contributed by atoms with E-state index in [1.165, 1.54) is 12.1 Å². The summed E-state index contributed by atoms with van der Waals surface area (Å²) >= 11 is 0. The van der Waals surface area contributed by atoms with Crippen molar-refractivity contribution in [2.45, 2.75) is 6.42 Å². The van der Waals surface area contributed by atoms with Gasteiger partial charge in [-0.3, -0.25) is 9.59 Å². The largest absolute Gasteiger partial charge is 0.337 e. The highest BCUT2D eigenvalue weighted by Crippen LogP contribution is 2.39. The summed E-state index contributed by atoms with van der Waals surface area (Å²) in [6.45, 7) is 0. The van der Waals surface area contributed by atoms with Crippen molar-refractivity contribution in [1.29, 1.82) is 5.26 Å². The Bertz CT molecular complexity index is 611. The monoisotopic (exact) mass is 256 g/mol. The molecule has 1 aliphatic carbocycles. The lowest BCUT2D eigenvalue weighted by molar-refractivity contribution is -0.170. The number of nitriles is 1. The molecule has 2 amide bonds. The quantitative estimate of drug-likeness (QED) is 0.733. The zero-order valence-electron chi connectivity index (χ0n) is 9.70. The smallest absolute Gasteiger partial charge is 0.329 e. The van der Waals surface area contributed by atoms with E-state index in [1.807, 2.05) is 6.07 Å². The zero-order valence-corrected chi connectivity index (χ0v) is 9.70. The van der Waals surface area contributed by atoms with Crippen LogP contribution in [0.1, 0.15) is 27.1 Å². The standard InChI is InChI=1S/C13H8N2O4/c14-6-7-5-10(7)13(18)19-15-11(16)8-3-1-2-4-9(8)12(15)17/h1-4,7,10H,5H2/t7-,10+/m0/s1. The Morgan fingerprint density at radius 2 is 1.84 bits per heavy atom. The van der Waals surface area contributed by atoms with E-state index in [2.05, 4.69) is 0 Å². The highest BCUT2D eigenvalue weighted by molar-refractivity contribution is 6.20. The van der Waals surface area contributed by atoms with Crippen LogP contribution in [0.5, 0.6) is 0 Å². The molecule has 1 fully saturated rings. The van der Waals surface area contributed by atoms with Gasteiger partial charge in [0.25, 0.3) is 11.8 Å². The number of carbonyl (C=O) groups is 3. The van der Waals surface area contributed by atoms with E-state index in [0.717, 1.165) is 0 Å². The van der Waals surface area contributed by atoms with Gasteiger partial charge in [0.2, 0.25) is 0 Å². The van der Waals surface area contributed by atoms with Gasteiger partial charge in [0, 0.05) is 0 Å². The highest BCUT2D eigenvalue weighted by Gasteiger charge is 2.48. The topological polar surface area (TPSA) is 87.5 Å². The number of fused-ring (bicyclic) bond motifs is 1. The van der Waals surface area contributed by atoms with Gasteiger partial charge in [0.15, 0.2) is 0 Å². The number of rotatable bonds is 2. The maximum Gasteiger partial charge on any atom is 0.337 e. The molecule has 6 heteroatoms. The third-order valence-electron chi connectivity index (χ3n) is 3.20. The molecule has 1 aromatic carbocycles. The van der Waals surface area contributed by atoms with Gasteiger partial charge in [-0.05, 0) is 18.6 Å². The van der Waals surface area contributed by atoms with Gasteiger partial charge in [0.1, 0.15) is 0 Å². The maximum absolute atomic E-state index is 11.9. The molecule has 0 spiro atoms. The van der Waals surface area contributed by atoms with Crippen molar-refractivity contribution in [2.75, 3.05) is 0 Å². The molecule has 1 aromatic rings. The molecule has 0 N–H and O–H groups in total. The van der Waals surface area contributed by atoms with Crippen LogP contribution in [0, 0.1) is 23.2 Å². The fourth-order valence-electron chi connectivity index (χ4n) is 2.01. The van der Waals surface area contributed by atoms with Gasteiger partial charge in [-0.15, -0.1) is 0 Å². The van der Waals surface area contributed by atoms with Crippen molar-refractivity contribution in [3.05, 3.63) is 35.4 Å². The lowest BCUT2D eigenvalue weighted by atomic mass is 10.1. The summed E-state index contributed by atoms with van der Waals surface area (Å²) < 4.78 is 0. The molecule has 6 nitrogen and oxygen atoms in total. The molecule has 2 aliphatic rings. The second-order valence-electron chi connectivity index (χ2n) is 4.44. The molecular formula is C13H8N2O4. The normalized spacial score (nSPS) is 23.8. The second-order valence-corrected chi connectivity index (χ2v) is 4.44. The van der Waals surface area contributed by atoms with Crippen molar-refractivity contribution in [3.63, 3.8) is 0 Å². The molecule has 3 rings (SSSR count). The Kier molecular flexibility index (Phi) is 2.35. The lowest BCUT2D eigenvalue weighted by Gasteiger charge is -2.12. The average molecular weight is 256 g/mol. The molecule has 1 saturated carbocycles. The van der Waals surface area contributed by atoms with Crippen molar-refractivity contribution < 1.29 is 19.2 Å². The number of benzene rings is 1. The van der Waals surface area contributed by atoms with E-state index in [4.69, 9.17) is 10.1 Å². The summed E-state index contributed by atoms with van der Waals surface area (Å²) in [6.07, 6.45) is 0.415. The molecule has 2 atom stereocenters. The number of imide groups is 1. The first-order chi connectivity index (χ1) is 9.13. The Hall–Kier alpha value is -2.68. The van der Waals surface area contributed by atoms with Crippen molar-refractivity contribution in [2.24, 2.45) is 11.8 Å². The van der Waals surface area contributed by atoms with Crippen LogP contribution in [-0.2, 0) is 9.63 Å². The molecule has 94 valence electrons. The van der Waals surface area contributed by atoms with E-state index in [-0.39, 0.29) is 17.0 Å². The predicted octanol–water partition coefficient (Wildman–Crippen LogP) is 0.900. The number of hydrogen-bond acceptors (Lipinski definition) is 5. The van der Waals surface area contributed by atoms with Gasteiger partial charge in [0.05, 0.1) is 29.0 Å². The molecule has 1 aliphatic heterocycles.